The third kappa shape index (κ3) is 4.50. The second kappa shape index (κ2) is 9.56. The maximum absolute atomic E-state index is 13.8. The minimum absolute atomic E-state index is 0.0849. The number of fused-ring (bicyclic) bond motifs is 2. The molecule has 0 amide bonds. The molecule has 1 saturated heterocycles. The second-order valence-electron chi connectivity index (χ2n) is 10.3. The Morgan fingerprint density at radius 2 is 1.90 bits per heavy atom. The van der Waals surface area contributed by atoms with Gasteiger partial charge in [-0.2, -0.15) is 5.10 Å². The van der Waals surface area contributed by atoms with Gasteiger partial charge in [0, 0.05) is 49.2 Å². The van der Waals surface area contributed by atoms with Crippen molar-refractivity contribution in [2.24, 2.45) is 0 Å². The van der Waals surface area contributed by atoms with Gasteiger partial charge in [-0.25, -0.2) is 18.7 Å². The van der Waals surface area contributed by atoms with Gasteiger partial charge in [-0.05, 0) is 47.4 Å². The number of pyridine rings is 3. The van der Waals surface area contributed by atoms with E-state index in [0.717, 1.165) is 62.0 Å². The van der Waals surface area contributed by atoms with Gasteiger partial charge >= 0.3 is 0 Å². The smallest absolute Gasteiger partial charge is 0.261 e. The van der Waals surface area contributed by atoms with E-state index in [-0.39, 0.29) is 13.0 Å². The summed E-state index contributed by atoms with van der Waals surface area (Å²) in [5.74, 6) is -1.98. The van der Waals surface area contributed by atoms with Crippen LogP contribution in [0.2, 0.25) is 0 Å². The van der Waals surface area contributed by atoms with Crippen molar-refractivity contribution in [1.82, 2.24) is 40.0 Å². The molecule has 8 nitrogen and oxygen atoms in total. The number of nitrogens with zero attached hydrogens (tertiary/aromatic N) is 6. The topological polar surface area (TPSA) is 99.3 Å². The Bertz CT molecular complexity index is 1840. The van der Waals surface area contributed by atoms with Crippen LogP contribution < -0.4 is 0 Å². The molecule has 1 aliphatic heterocycles. The lowest BCUT2D eigenvalue weighted by molar-refractivity contribution is 0.0115. The Labute approximate surface area is 228 Å². The summed E-state index contributed by atoms with van der Waals surface area (Å²) in [5, 5.41) is 8.34. The van der Waals surface area contributed by atoms with Crippen molar-refractivity contribution in [3.63, 3.8) is 0 Å². The van der Waals surface area contributed by atoms with Gasteiger partial charge in [0.2, 0.25) is 0 Å². The van der Waals surface area contributed by atoms with Crippen LogP contribution in [0.3, 0.4) is 0 Å². The summed E-state index contributed by atoms with van der Waals surface area (Å²) in [6.45, 7) is 2.80. The first-order valence-corrected chi connectivity index (χ1v) is 13.3. The zero-order valence-electron chi connectivity index (χ0n) is 21.8. The van der Waals surface area contributed by atoms with E-state index in [1.807, 2.05) is 23.1 Å². The predicted octanol–water partition coefficient (Wildman–Crippen LogP) is 6.03. The molecule has 5 aromatic heterocycles. The van der Waals surface area contributed by atoms with Gasteiger partial charge in [0.15, 0.2) is 11.5 Å². The molecule has 40 heavy (non-hydrogen) atoms. The van der Waals surface area contributed by atoms with Crippen LogP contribution in [0.1, 0.15) is 24.5 Å². The lowest BCUT2D eigenvalue weighted by atomic mass is 9.98. The SMILES string of the molecule is CCc1cc(CN2CCC(F)(F)C2)cc(-c2cnc3n[nH]c(-c4nc5c(-c6ccccn6)cncc5[nH]4)c3c2)c1. The number of aromatic nitrogens is 7. The van der Waals surface area contributed by atoms with Crippen LogP contribution in [0.4, 0.5) is 8.78 Å². The first-order chi connectivity index (χ1) is 19.5. The minimum Gasteiger partial charge on any atom is -0.335 e. The standard InChI is InChI=1S/C30H26F2N8/c1-2-18-9-19(16-40-8-6-30(31,32)17-40)11-20(10-18)21-12-22-27(38-39-28(22)35-13-21)29-36-25-15-33-14-23(26(25)37-29)24-5-3-4-7-34-24/h3-5,7,9-15H,2,6,8,16-17H2,1H3,(H,36,37)(H,35,38,39). The van der Waals surface area contributed by atoms with Gasteiger partial charge in [-0.3, -0.25) is 20.0 Å². The van der Waals surface area contributed by atoms with E-state index < -0.39 is 5.92 Å². The van der Waals surface area contributed by atoms with Crippen LogP contribution in [-0.2, 0) is 13.0 Å². The van der Waals surface area contributed by atoms with Crippen LogP contribution in [0.25, 0.3) is 56.0 Å². The van der Waals surface area contributed by atoms with E-state index in [0.29, 0.717) is 24.6 Å². The van der Waals surface area contributed by atoms with Crippen molar-refractivity contribution in [1.29, 1.82) is 0 Å². The number of alkyl halides is 2. The molecule has 200 valence electrons. The molecule has 0 saturated carbocycles. The van der Waals surface area contributed by atoms with Gasteiger partial charge in [0.05, 0.1) is 29.3 Å². The molecular weight excluding hydrogens is 510 g/mol. The Morgan fingerprint density at radius 3 is 2.70 bits per heavy atom. The van der Waals surface area contributed by atoms with Gasteiger partial charge in [0.25, 0.3) is 5.92 Å². The van der Waals surface area contributed by atoms with Crippen molar-refractivity contribution in [2.45, 2.75) is 32.2 Å². The van der Waals surface area contributed by atoms with Crippen molar-refractivity contribution < 1.29 is 8.78 Å². The highest BCUT2D eigenvalue weighted by atomic mass is 19.3. The van der Waals surface area contributed by atoms with Gasteiger partial charge < -0.3 is 4.98 Å². The van der Waals surface area contributed by atoms with E-state index in [4.69, 9.17) is 4.98 Å². The van der Waals surface area contributed by atoms with Crippen molar-refractivity contribution in [3.05, 3.63) is 78.4 Å². The summed E-state index contributed by atoms with van der Waals surface area (Å²) in [4.78, 5) is 23.5. The molecule has 0 radical (unpaired) electrons. The number of hydrogen-bond donors (Lipinski definition) is 2. The zero-order valence-corrected chi connectivity index (χ0v) is 21.8. The Kier molecular flexibility index (Phi) is 5.85. The molecule has 1 fully saturated rings. The Morgan fingerprint density at radius 1 is 1.00 bits per heavy atom. The van der Waals surface area contributed by atoms with Crippen LogP contribution >= 0.6 is 0 Å². The van der Waals surface area contributed by atoms with E-state index in [1.165, 1.54) is 0 Å². The number of H-pyrrole nitrogens is 2. The Hall–Kier alpha value is -4.57. The number of aromatic amines is 2. The quantitative estimate of drug-likeness (QED) is 0.270. The third-order valence-corrected chi connectivity index (χ3v) is 7.43. The first-order valence-electron chi connectivity index (χ1n) is 13.3. The number of rotatable bonds is 6. The molecule has 6 aromatic rings. The van der Waals surface area contributed by atoms with Gasteiger partial charge in [0.1, 0.15) is 11.2 Å². The zero-order chi connectivity index (χ0) is 27.3. The summed E-state index contributed by atoms with van der Waals surface area (Å²) in [7, 11) is 0. The number of nitrogens with one attached hydrogen (secondary N) is 2. The fourth-order valence-corrected chi connectivity index (χ4v) is 5.42. The van der Waals surface area contributed by atoms with Crippen molar-refractivity contribution >= 4 is 22.1 Å². The number of aryl methyl sites for hydroxylation is 1. The van der Waals surface area contributed by atoms with Crippen LogP contribution in [0, 0.1) is 0 Å². The fraction of sp³-hybridized carbons (Fsp3) is 0.233. The minimum atomic E-state index is -2.61. The molecule has 0 spiro atoms. The number of imidazole rings is 1. The highest BCUT2D eigenvalue weighted by Crippen LogP contribution is 2.33. The molecule has 0 aliphatic carbocycles. The van der Waals surface area contributed by atoms with Gasteiger partial charge in [-0.1, -0.05) is 25.1 Å². The number of hydrogen-bond acceptors (Lipinski definition) is 6. The van der Waals surface area contributed by atoms with E-state index >= 15 is 0 Å². The second-order valence-corrected chi connectivity index (χ2v) is 10.3. The van der Waals surface area contributed by atoms with Gasteiger partial charge in [-0.15, -0.1) is 0 Å². The lowest BCUT2D eigenvalue weighted by Gasteiger charge is -2.17. The fourth-order valence-electron chi connectivity index (χ4n) is 5.42. The van der Waals surface area contributed by atoms with Crippen LogP contribution in [0.15, 0.2) is 67.3 Å². The van der Waals surface area contributed by atoms with E-state index in [9.17, 15) is 8.78 Å². The maximum Gasteiger partial charge on any atom is 0.261 e. The molecule has 10 heteroatoms. The van der Waals surface area contributed by atoms with Crippen molar-refractivity contribution in [2.75, 3.05) is 13.1 Å². The monoisotopic (exact) mass is 536 g/mol. The first kappa shape index (κ1) is 24.5. The van der Waals surface area contributed by atoms with Crippen LogP contribution in [0.5, 0.6) is 0 Å². The maximum atomic E-state index is 13.8. The lowest BCUT2D eigenvalue weighted by Crippen LogP contribution is -2.24. The average Bonchev–Trinajstić information content (AvgIpc) is 3.68. The van der Waals surface area contributed by atoms with E-state index in [1.54, 1.807) is 24.8 Å². The normalized spacial score (nSPS) is 15.4. The molecule has 1 aliphatic rings. The summed E-state index contributed by atoms with van der Waals surface area (Å²) < 4.78 is 27.6. The molecule has 7 rings (SSSR count). The summed E-state index contributed by atoms with van der Waals surface area (Å²) >= 11 is 0. The largest absolute Gasteiger partial charge is 0.335 e. The number of benzene rings is 1. The summed E-state index contributed by atoms with van der Waals surface area (Å²) in [6, 6.07) is 14.1. The molecular formula is C30H26F2N8. The molecule has 1 aromatic carbocycles. The molecule has 0 bridgehead atoms. The van der Waals surface area contributed by atoms with Crippen LogP contribution in [-0.4, -0.2) is 59.0 Å². The highest BCUT2D eigenvalue weighted by molar-refractivity contribution is 5.96. The molecule has 2 N–H and O–H groups in total. The van der Waals surface area contributed by atoms with Crippen molar-refractivity contribution in [3.8, 4) is 33.9 Å². The average molecular weight is 537 g/mol. The third-order valence-electron chi connectivity index (χ3n) is 7.43. The molecule has 6 heterocycles. The predicted molar refractivity (Wildman–Crippen MR) is 150 cm³/mol. The summed E-state index contributed by atoms with van der Waals surface area (Å²) in [6.07, 6.45) is 7.82. The summed E-state index contributed by atoms with van der Waals surface area (Å²) in [5.41, 5.74) is 8.57. The molecule has 0 unspecified atom stereocenters. The number of halogens is 2. The van der Waals surface area contributed by atoms with E-state index in [2.05, 4.69) is 61.3 Å². The molecule has 0 atom stereocenters. The number of likely N-dealkylation sites (tertiary alicyclic amines) is 1. The highest BCUT2D eigenvalue weighted by Gasteiger charge is 2.37. The Balaban J connectivity index is 1.27.